The smallest absolute Gasteiger partial charge is 0.176 e. The Bertz CT molecular complexity index is 442. The molecule has 1 rings (SSSR count). The highest BCUT2D eigenvalue weighted by molar-refractivity contribution is 5.66. The average Bonchev–Trinajstić information content (AvgIpc) is 2.14. The molecule has 1 aromatic rings. The van der Waals surface area contributed by atoms with E-state index in [-0.39, 0.29) is 11.1 Å². The summed E-state index contributed by atoms with van der Waals surface area (Å²) in [5, 5.41) is 8.55. The molecular weight excluding hydrogens is 184 g/mol. The molecule has 0 aliphatic heterocycles. The third kappa shape index (κ3) is 1.51. The summed E-state index contributed by atoms with van der Waals surface area (Å²) < 4.78 is 26.3. The SMILES string of the molecule is C=C(C)c1cc(C#N)c(F)c(F)c1C. The van der Waals surface area contributed by atoms with Crippen LogP contribution in [0, 0.1) is 29.9 Å². The van der Waals surface area contributed by atoms with E-state index in [9.17, 15) is 8.78 Å². The predicted molar refractivity (Wildman–Crippen MR) is 50.5 cm³/mol. The molecule has 14 heavy (non-hydrogen) atoms. The highest BCUT2D eigenvalue weighted by atomic mass is 19.2. The summed E-state index contributed by atoms with van der Waals surface area (Å²) in [4.78, 5) is 0. The van der Waals surface area contributed by atoms with Gasteiger partial charge in [0.25, 0.3) is 0 Å². The van der Waals surface area contributed by atoms with Crippen molar-refractivity contribution in [1.29, 1.82) is 5.26 Å². The Hall–Kier alpha value is -1.69. The van der Waals surface area contributed by atoms with Crippen LogP contribution in [0.3, 0.4) is 0 Å². The van der Waals surface area contributed by atoms with Crippen LogP contribution in [0.25, 0.3) is 5.57 Å². The normalized spacial score (nSPS) is 9.64. The highest BCUT2D eigenvalue weighted by Crippen LogP contribution is 2.24. The molecule has 0 fully saturated rings. The maximum Gasteiger partial charge on any atom is 0.176 e. The van der Waals surface area contributed by atoms with Crippen LogP contribution in [0.5, 0.6) is 0 Å². The van der Waals surface area contributed by atoms with Gasteiger partial charge in [-0.15, -0.1) is 0 Å². The average molecular weight is 193 g/mol. The van der Waals surface area contributed by atoms with Gasteiger partial charge in [0.15, 0.2) is 11.6 Å². The van der Waals surface area contributed by atoms with Crippen molar-refractivity contribution in [3.63, 3.8) is 0 Å². The standard InChI is InChI=1S/C11H9F2N/c1-6(2)9-4-8(5-14)11(13)10(12)7(9)3/h4H,1H2,2-3H3. The number of halogens is 2. The van der Waals surface area contributed by atoms with E-state index in [1.54, 1.807) is 13.0 Å². The van der Waals surface area contributed by atoms with Gasteiger partial charge < -0.3 is 0 Å². The van der Waals surface area contributed by atoms with Crippen LogP contribution in [-0.2, 0) is 0 Å². The van der Waals surface area contributed by atoms with Gasteiger partial charge in [-0.25, -0.2) is 8.78 Å². The van der Waals surface area contributed by atoms with Crippen molar-refractivity contribution in [3.05, 3.63) is 41.0 Å². The van der Waals surface area contributed by atoms with Crippen molar-refractivity contribution in [2.45, 2.75) is 13.8 Å². The van der Waals surface area contributed by atoms with Gasteiger partial charge in [0.2, 0.25) is 0 Å². The molecule has 72 valence electrons. The van der Waals surface area contributed by atoms with E-state index in [1.807, 2.05) is 0 Å². The lowest BCUT2D eigenvalue weighted by atomic mass is 9.99. The van der Waals surface area contributed by atoms with Crippen LogP contribution < -0.4 is 0 Å². The fourth-order valence-electron chi connectivity index (χ4n) is 1.24. The van der Waals surface area contributed by atoms with Crippen molar-refractivity contribution < 1.29 is 8.78 Å². The molecule has 0 aliphatic carbocycles. The molecule has 0 N–H and O–H groups in total. The first kappa shape index (κ1) is 10.4. The zero-order chi connectivity index (χ0) is 10.9. The minimum atomic E-state index is -1.09. The molecular formula is C11H9F2N. The molecule has 0 amide bonds. The van der Waals surface area contributed by atoms with Crippen LogP contribution in [0.4, 0.5) is 8.78 Å². The number of nitriles is 1. The van der Waals surface area contributed by atoms with E-state index >= 15 is 0 Å². The lowest BCUT2D eigenvalue weighted by molar-refractivity contribution is 0.500. The first-order valence-corrected chi connectivity index (χ1v) is 4.03. The van der Waals surface area contributed by atoms with Gasteiger partial charge in [0.1, 0.15) is 6.07 Å². The van der Waals surface area contributed by atoms with Crippen LogP contribution in [0.1, 0.15) is 23.6 Å². The van der Waals surface area contributed by atoms with Gasteiger partial charge in [-0.05, 0) is 31.0 Å². The summed E-state index contributed by atoms with van der Waals surface area (Å²) in [7, 11) is 0. The molecule has 1 nitrogen and oxygen atoms in total. The Kier molecular flexibility index (Phi) is 2.66. The van der Waals surface area contributed by atoms with E-state index in [1.165, 1.54) is 13.0 Å². The summed E-state index contributed by atoms with van der Waals surface area (Å²) in [6.45, 7) is 6.78. The minimum absolute atomic E-state index is 0.189. The fraction of sp³-hybridized carbons (Fsp3) is 0.182. The van der Waals surface area contributed by atoms with E-state index in [2.05, 4.69) is 6.58 Å². The molecule has 3 heteroatoms. The second-order valence-corrected chi connectivity index (χ2v) is 3.12. The molecule has 0 spiro atoms. The molecule has 0 saturated carbocycles. The largest absolute Gasteiger partial charge is 0.203 e. The van der Waals surface area contributed by atoms with Crippen molar-refractivity contribution in [2.24, 2.45) is 0 Å². The second-order valence-electron chi connectivity index (χ2n) is 3.12. The Balaban J connectivity index is 3.59. The van der Waals surface area contributed by atoms with E-state index in [0.29, 0.717) is 11.1 Å². The Morgan fingerprint density at radius 1 is 1.43 bits per heavy atom. The van der Waals surface area contributed by atoms with Gasteiger partial charge in [0, 0.05) is 0 Å². The molecule has 0 aliphatic rings. The topological polar surface area (TPSA) is 23.8 Å². The van der Waals surface area contributed by atoms with Crippen molar-refractivity contribution in [1.82, 2.24) is 0 Å². The lowest BCUT2D eigenvalue weighted by Gasteiger charge is -2.07. The molecule has 0 heterocycles. The van der Waals surface area contributed by atoms with E-state index in [4.69, 9.17) is 5.26 Å². The number of allylic oxidation sites excluding steroid dienone is 1. The number of hydrogen-bond donors (Lipinski definition) is 0. The van der Waals surface area contributed by atoms with Gasteiger partial charge in [-0.1, -0.05) is 12.2 Å². The molecule has 0 bridgehead atoms. The zero-order valence-corrected chi connectivity index (χ0v) is 7.99. The van der Waals surface area contributed by atoms with Crippen LogP contribution in [0.15, 0.2) is 12.6 Å². The molecule has 0 aromatic heterocycles. The quantitative estimate of drug-likeness (QED) is 0.672. The third-order valence-corrected chi connectivity index (χ3v) is 2.03. The van der Waals surface area contributed by atoms with Crippen LogP contribution in [0.2, 0.25) is 0 Å². The lowest BCUT2D eigenvalue weighted by Crippen LogP contribution is -1.98. The monoisotopic (exact) mass is 193 g/mol. The van der Waals surface area contributed by atoms with Crippen molar-refractivity contribution in [2.75, 3.05) is 0 Å². The van der Waals surface area contributed by atoms with Gasteiger partial charge in [-0.2, -0.15) is 5.26 Å². The summed E-state index contributed by atoms with van der Waals surface area (Å²) in [6, 6.07) is 2.92. The summed E-state index contributed by atoms with van der Waals surface area (Å²) in [6.07, 6.45) is 0. The maximum atomic E-state index is 13.2. The van der Waals surface area contributed by atoms with Gasteiger partial charge in [-0.3, -0.25) is 0 Å². The number of hydrogen-bond acceptors (Lipinski definition) is 1. The van der Waals surface area contributed by atoms with Crippen molar-refractivity contribution >= 4 is 5.57 Å². The zero-order valence-electron chi connectivity index (χ0n) is 7.99. The van der Waals surface area contributed by atoms with Crippen LogP contribution >= 0.6 is 0 Å². The Morgan fingerprint density at radius 3 is 2.43 bits per heavy atom. The Morgan fingerprint density at radius 2 is 2.00 bits per heavy atom. The second kappa shape index (κ2) is 3.59. The number of nitrogens with zero attached hydrogens (tertiary/aromatic N) is 1. The third-order valence-electron chi connectivity index (χ3n) is 2.03. The number of benzene rings is 1. The van der Waals surface area contributed by atoms with Crippen molar-refractivity contribution in [3.8, 4) is 6.07 Å². The molecule has 0 atom stereocenters. The van der Waals surface area contributed by atoms with E-state index < -0.39 is 11.6 Å². The van der Waals surface area contributed by atoms with Gasteiger partial charge >= 0.3 is 0 Å². The molecule has 1 aromatic carbocycles. The first-order chi connectivity index (χ1) is 6.49. The fourth-order valence-corrected chi connectivity index (χ4v) is 1.24. The predicted octanol–water partition coefficient (Wildman–Crippen LogP) is 3.18. The molecule has 0 radical (unpaired) electrons. The van der Waals surface area contributed by atoms with Crippen LogP contribution in [-0.4, -0.2) is 0 Å². The summed E-state index contributed by atoms with van der Waals surface area (Å²) in [5.41, 5.74) is 0.999. The Labute approximate surface area is 81.3 Å². The summed E-state index contributed by atoms with van der Waals surface area (Å²) in [5.74, 6) is -2.06. The molecule has 0 unspecified atom stereocenters. The molecule has 0 saturated heterocycles. The highest BCUT2D eigenvalue weighted by Gasteiger charge is 2.15. The summed E-state index contributed by atoms with van der Waals surface area (Å²) >= 11 is 0. The first-order valence-electron chi connectivity index (χ1n) is 4.03. The maximum absolute atomic E-state index is 13.2. The van der Waals surface area contributed by atoms with Gasteiger partial charge in [0.05, 0.1) is 5.56 Å². The van der Waals surface area contributed by atoms with E-state index in [0.717, 1.165) is 0 Å². The minimum Gasteiger partial charge on any atom is -0.203 e. The number of rotatable bonds is 1.